The summed E-state index contributed by atoms with van der Waals surface area (Å²) < 4.78 is 5.19. The highest BCUT2D eigenvalue weighted by Gasteiger charge is 2.12. The molecule has 3 N–H and O–H groups in total. The highest BCUT2D eigenvalue weighted by molar-refractivity contribution is 5.84. The molecular weight excluding hydrogens is 264 g/mol. The molecule has 0 saturated carbocycles. The number of ether oxygens (including phenoxy) is 1. The van der Waals surface area contributed by atoms with E-state index in [-0.39, 0.29) is 0 Å². The molecule has 0 atom stereocenters. The number of pyridine rings is 1. The Morgan fingerprint density at radius 2 is 2.00 bits per heavy atom. The van der Waals surface area contributed by atoms with Gasteiger partial charge in [-0.2, -0.15) is 5.10 Å². The van der Waals surface area contributed by atoms with Gasteiger partial charge in [-0.1, -0.05) is 0 Å². The summed E-state index contributed by atoms with van der Waals surface area (Å²) in [6, 6.07) is 9.95. The SMILES string of the molecule is COc1ccc(-c2cc(CCN)c3c(C)[nH]nc3n2)cc1. The topological polar surface area (TPSA) is 76.8 Å². The van der Waals surface area contributed by atoms with Crippen molar-refractivity contribution < 1.29 is 4.74 Å². The molecule has 5 nitrogen and oxygen atoms in total. The first kappa shape index (κ1) is 13.6. The molecule has 0 aliphatic heterocycles. The van der Waals surface area contributed by atoms with Crippen LogP contribution in [0.5, 0.6) is 5.75 Å². The van der Waals surface area contributed by atoms with Gasteiger partial charge in [-0.05, 0) is 55.8 Å². The van der Waals surface area contributed by atoms with Gasteiger partial charge in [0.25, 0.3) is 0 Å². The molecule has 3 rings (SSSR count). The van der Waals surface area contributed by atoms with Crippen molar-refractivity contribution in [3.05, 3.63) is 41.6 Å². The van der Waals surface area contributed by atoms with Gasteiger partial charge in [0.05, 0.1) is 12.8 Å². The van der Waals surface area contributed by atoms with E-state index in [4.69, 9.17) is 10.5 Å². The maximum absolute atomic E-state index is 5.73. The zero-order valence-electron chi connectivity index (χ0n) is 12.2. The standard InChI is InChI=1S/C16H18N4O/c1-10-15-12(7-8-17)9-14(18-16(15)20-19-10)11-3-5-13(21-2)6-4-11/h3-6,9H,7-8,17H2,1-2H3,(H,18,19,20). The minimum absolute atomic E-state index is 0.603. The third-order valence-electron chi connectivity index (χ3n) is 3.59. The number of H-pyrrole nitrogens is 1. The highest BCUT2D eigenvalue weighted by atomic mass is 16.5. The molecule has 21 heavy (non-hydrogen) atoms. The van der Waals surface area contributed by atoms with Gasteiger partial charge in [0.1, 0.15) is 5.75 Å². The summed E-state index contributed by atoms with van der Waals surface area (Å²) in [5.41, 5.74) is 10.6. The summed E-state index contributed by atoms with van der Waals surface area (Å²) in [5.74, 6) is 0.831. The predicted molar refractivity (Wildman–Crippen MR) is 83.4 cm³/mol. The van der Waals surface area contributed by atoms with Gasteiger partial charge in [-0.3, -0.25) is 5.10 Å². The lowest BCUT2D eigenvalue weighted by Crippen LogP contribution is -2.04. The van der Waals surface area contributed by atoms with Crippen LogP contribution in [-0.2, 0) is 6.42 Å². The number of hydrogen-bond acceptors (Lipinski definition) is 4. The molecule has 0 radical (unpaired) electrons. The number of fused-ring (bicyclic) bond motifs is 1. The van der Waals surface area contributed by atoms with Gasteiger partial charge in [0, 0.05) is 16.6 Å². The number of aromatic amines is 1. The summed E-state index contributed by atoms with van der Waals surface area (Å²) in [6.07, 6.45) is 0.808. The van der Waals surface area contributed by atoms with Gasteiger partial charge in [0.15, 0.2) is 5.65 Å². The van der Waals surface area contributed by atoms with Gasteiger partial charge in [0.2, 0.25) is 0 Å². The van der Waals surface area contributed by atoms with Crippen molar-refractivity contribution in [1.82, 2.24) is 15.2 Å². The average molecular weight is 282 g/mol. The van der Waals surface area contributed by atoms with E-state index in [0.29, 0.717) is 6.54 Å². The molecule has 0 spiro atoms. The van der Waals surface area contributed by atoms with Crippen LogP contribution in [0.4, 0.5) is 0 Å². The second kappa shape index (κ2) is 5.54. The number of methoxy groups -OCH3 is 1. The molecule has 0 amide bonds. The van der Waals surface area contributed by atoms with Crippen molar-refractivity contribution in [3.8, 4) is 17.0 Å². The van der Waals surface area contributed by atoms with E-state index >= 15 is 0 Å². The van der Waals surface area contributed by atoms with E-state index in [0.717, 1.165) is 40.2 Å². The molecule has 1 aromatic carbocycles. The Bertz CT molecular complexity index is 762. The van der Waals surface area contributed by atoms with Crippen LogP contribution >= 0.6 is 0 Å². The van der Waals surface area contributed by atoms with Crippen molar-refractivity contribution in [1.29, 1.82) is 0 Å². The number of hydrogen-bond donors (Lipinski definition) is 2. The molecule has 0 aliphatic carbocycles. The lowest BCUT2D eigenvalue weighted by atomic mass is 10.0. The second-order valence-corrected chi connectivity index (χ2v) is 4.98. The first-order chi connectivity index (χ1) is 10.2. The van der Waals surface area contributed by atoms with Crippen LogP contribution in [0.1, 0.15) is 11.3 Å². The molecular formula is C16H18N4O. The van der Waals surface area contributed by atoms with E-state index in [1.807, 2.05) is 31.2 Å². The maximum atomic E-state index is 5.73. The van der Waals surface area contributed by atoms with Gasteiger partial charge >= 0.3 is 0 Å². The fraction of sp³-hybridized carbons (Fsp3) is 0.250. The van der Waals surface area contributed by atoms with Crippen LogP contribution in [0.3, 0.4) is 0 Å². The summed E-state index contributed by atoms with van der Waals surface area (Å²) in [7, 11) is 1.66. The summed E-state index contributed by atoms with van der Waals surface area (Å²) in [6.45, 7) is 2.61. The lowest BCUT2D eigenvalue weighted by Gasteiger charge is -2.07. The fourth-order valence-corrected chi connectivity index (χ4v) is 2.53. The summed E-state index contributed by atoms with van der Waals surface area (Å²) >= 11 is 0. The zero-order chi connectivity index (χ0) is 14.8. The van der Waals surface area contributed by atoms with Crippen LogP contribution in [0.2, 0.25) is 0 Å². The Morgan fingerprint density at radius 1 is 1.24 bits per heavy atom. The Kier molecular flexibility index (Phi) is 3.58. The molecule has 2 heterocycles. The Labute approximate surface area is 123 Å². The first-order valence-corrected chi connectivity index (χ1v) is 6.92. The minimum Gasteiger partial charge on any atom is -0.497 e. The molecule has 108 valence electrons. The summed E-state index contributed by atoms with van der Waals surface area (Å²) in [4.78, 5) is 4.64. The number of aryl methyl sites for hydroxylation is 1. The average Bonchev–Trinajstić information content (AvgIpc) is 2.89. The zero-order valence-corrected chi connectivity index (χ0v) is 12.2. The molecule has 0 unspecified atom stereocenters. The Balaban J connectivity index is 2.13. The Hall–Kier alpha value is -2.40. The van der Waals surface area contributed by atoms with Crippen LogP contribution < -0.4 is 10.5 Å². The second-order valence-electron chi connectivity index (χ2n) is 4.98. The number of benzene rings is 1. The number of nitrogens with zero attached hydrogens (tertiary/aromatic N) is 2. The van der Waals surface area contributed by atoms with Crippen molar-refractivity contribution in [3.63, 3.8) is 0 Å². The van der Waals surface area contributed by atoms with Crippen molar-refractivity contribution in [2.24, 2.45) is 5.73 Å². The largest absolute Gasteiger partial charge is 0.497 e. The van der Waals surface area contributed by atoms with E-state index in [2.05, 4.69) is 21.2 Å². The number of nitrogens with two attached hydrogens (primary N) is 1. The van der Waals surface area contributed by atoms with Gasteiger partial charge in [-0.25, -0.2) is 4.98 Å². The Morgan fingerprint density at radius 3 is 2.67 bits per heavy atom. The molecule has 3 aromatic rings. The quantitative estimate of drug-likeness (QED) is 0.770. The fourth-order valence-electron chi connectivity index (χ4n) is 2.53. The number of aromatic nitrogens is 3. The monoisotopic (exact) mass is 282 g/mol. The van der Waals surface area contributed by atoms with E-state index in [1.54, 1.807) is 7.11 Å². The lowest BCUT2D eigenvalue weighted by molar-refractivity contribution is 0.415. The van der Waals surface area contributed by atoms with Crippen LogP contribution in [0.15, 0.2) is 30.3 Å². The summed E-state index contributed by atoms with van der Waals surface area (Å²) in [5, 5.41) is 8.36. The third kappa shape index (κ3) is 2.48. The molecule has 0 saturated heterocycles. The first-order valence-electron chi connectivity index (χ1n) is 6.92. The van der Waals surface area contributed by atoms with E-state index < -0.39 is 0 Å². The van der Waals surface area contributed by atoms with Gasteiger partial charge in [-0.15, -0.1) is 0 Å². The van der Waals surface area contributed by atoms with Crippen LogP contribution in [0, 0.1) is 6.92 Å². The van der Waals surface area contributed by atoms with Crippen molar-refractivity contribution in [2.45, 2.75) is 13.3 Å². The minimum atomic E-state index is 0.603. The highest BCUT2D eigenvalue weighted by Crippen LogP contribution is 2.27. The molecule has 0 bridgehead atoms. The molecule has 2 aromatic heterocycles. The molecule has 0 aliphatic rings. The maximum Gasteiger partial charge on any atom is 0.182 e. The normalized spacial score (nSPS) is 11.0. The van der Waals surface area contributed by atoms with Crippen molar-refractivity contribution >= 4 is 11.0 Å². The number of nitrogens with one attached hydrogen (secondary N) is 1. The molecule has 0 fully saturated rings. The van der Waals surface area contributed by atoms with Crippen LogP contribution in [0.25, 0.3) is 22.3 Å². The number of rotatable bonds is 4. The third-order valence-corrected chi connectivity index (χ3v) is 3.59. The smallest absolute Gasteiger partial charge is 0.182 e. The van der Waals surface area contributed by atoms with Gasteiger partial charge < -0.3 is 10.5 Å². The predicted octanol–water partition coefficient (Wildman–Crippen LogP) is 2.44. The van der Waals surface area contributed by atoms with E-state index in [9.17, 15) is 0 Å². The van der Waals surface area contributed by atoms with E-state index in [1.165, 1.54) is 5.56 Å². The van der Waals surface area contributed by atoms with Crippen LogP contribution in [-0.4, -0.2) is 28.8 Å². The van der Waals surface area contributed by atoms with Crippen molar-refractivity contribution in [2.75, 3.05) is 13.7 Å². The molecule has 5 heteroatoms.